The zero-order valence-corrected chi connectivity index (χ0v) is 26.8. The first-order valence-corrected chi connectivity index (χ1v) is 16.1. The molecule has 2 heteroatoms. The summed E-state index contributed by atoms with van der Waals surface area (Å²) in [5.74, 6) is -0.344. The van der Waals surface area contributed by atoms with E-state index in [1.54, 1.807) is 0 Å². The molecule has 0 radical (unpaired) electrons. The molecule has 47 heavy (non-hydrogen) atoms. The van der Waals surface area contributed by atoms with Crippen LogP contribution in [0.4, 0.5) is 0 Å². The maximum absolute atomic E-state index is 13.2. The van der Waals surface area contributed by atoms with E-state index in [0.29, 0.717) is 5.56 Å². The number of ether oxygens (including phenoxy) is 1. The topological polar surface area (TPSA) is 26.3 Å². The van der Waals surface area contributed by atoms with Gasteiger partial charge < -0.3 is 4.74 Å². The third-order valence-electron chi connectivity index (χ3n) is 9.77. The summed E-state index contributed by atoms with van der Waals surface area (Å²) < 4.78 is 5.30. The van der Waals surface area contributed by atoms with Gasteiger partial charge in [-0.2, -0.15) is 0 Å². The summed E-state index contributed by atoms with van der Waals surface area (Å²) in [5.41, 5.74) is 16.3. The van der Waals surface area contributed by atoms with E-state index in [2.05, 4.69) is 159 Å². The highest BCUT2D eigenvalue weighted by Gasteiger charge is 2.55. The molecule has 0 saturated carbocycles. The highest BCUT2D eigenvalue weighted by atomic mass is 16.5. The van der Waals surface area contributed by atoms with Crippen LogP contribution in [0, 0.1) is 13.8 Å². The monoisotopic (exact) mass is 606 g/mol. The van der Waals surface area contributed by atoms with Gasteiger partial charge in [-0.3, -0.25) is 0 Å². The van der Waals surface area contributed by atoms with Gasteiger partial charge in [0.15, 0.2) is 0 Å². The average molecular weight is 607 g/mol. The molecule has 0 heterocycles. The fraction of sp³-hybridized carbons (Fsp3) is 0.0889. The quantitative estimate of drug-likeness (QED) is 0.183. The van der Waals surface area contributed by atoms with Crippen molar-refractivity contribution in [3.8, 4) is 0 Å². The van der Waals surface area contributed by atoms with Crippen molar-refractivity contribution in [1.29, 1.82) is 0 Å². The number of esters is 1. The molecule has 8 rings (SSSR count). The molecule has 6 aromatic carbocycles. The van der Waals surface area contributed by atoms with Crippen molar-refractivity contribution in [2.45, 2.75) is 19.3 Å². The number of hydrogen-bond donors (Lipinski definition) is 0. The molecule has 0 aliphatic heterocycles. The average Bonchev–Trinajstić information content (AvgIpc) is 3.59. The number of methoxy groups -OCH3 is 1. The molecule has 0 bridgehead atoms. The predicted octanol–water partition coefficient (Wildman–Crippen LogP) is 10.3. The van der Waals surface area contributed by atoms with E-state index in [1.165, 1.54) is 51.7 Å². The fourth-order valence-electron chi connectivity index (χ4n) is 7.77. The molecule has 226 valence electrons. The molecule has 1 unspecified atom stereocenters. The largest absolute Gasteiger partial charge is 0.465 e. The first-order valence-electron chi connectivity index (χ1n) is 16.1. The van der Waals surface area contributed by atoms with Crippen LogP contribution >= 0.6 is 0 Å². The Morgan fingerprint density at radius 3 is 1.55 bits per heavy atom. The minimum Gasteiger partial charge on any atom is -0.465 e. The first-order chi connectivity index (χ1) is 23.0. The summed E-state index contributed by atoms with van der Waals surface area (Å²) in [5, 5.41) is 0. The number of aryl methyl sites for hydroxylation is 2. The van der Waals surface area contributed by atoms with Gasteiger partial charge in [-0.05, 0) is 92.8 Å². The second kappa shape index (κ2) is 11.3. The molecule has 0 aromatic heterocycles. The van der Waals surface area contributed by atoms with E-state index in [1.807, 2.05) is 6.07 Å². The van der Waals surface area contributed by atoms with Gasteiger partial charge >= 0.3 is 5.97 Å². The van der Waals surface area contributed by atoms with Crippen LogP contribution in [0.2, 0.25) is 0 Å². The number of hydrogen-bond acceptors (Lipinski definition) is 2. The second-order valence-electron chi connectivity index (χ2n) is 12.5. The Labute approximate surface area is 276 Å². The summed E-state index contributed by atoms with van der Waals surface area (Å²) >= 11 is 0. The first kappa shape index (κ1) is 28.7. The smallest absolute Gasteiger partial charge is 0.337 e. The third-order valence-corrected chi connectivity index (χ3v) is 9.77. The van der Waals surface area contributed by atoms with Crippen molar-refractivity contribution in [1.82, 2.24) is 0 Å². The van der Waals surface area contributed by atoms with Crippen molar-refractivity contribution in [3.63, 3.8) is 0 Å². The lowest BCUT2D eigenvalue weighted by molar-refractivity contribution is 0.0600. The molecule has 1 atom stereocenters. The Hall–Kier alpha value is -5.73. The van der Waals surface area contributed by atoms with Gasteiger partial charge in [0.05, 0.1) is 18.1 Å². The van der Waals surface area contributed by atoms with Crippen molar-refractivity contribution in [2.75, 3.05) is 7.11 Å². The molecule has 2 aliphatic carbocycles. The minimum absolute atomic E-state index is 0.344. The number of fused-ring (bicyclic) bond motifs is 4. The molecule has 2 nitrogen and oxygen atoms in total. The standard InChI is InChI=1S/C45H34O2/c1-29-18-22-32(23-19-29)41-37-27-26-35(44(46)47-3)28-39(37)45(43(41)34-24-20-30(2)21-25-34)38-17-11-10-16-36(38)40(31-12-6-4-7-13-31)42(45)33-14-8-5-9-15-33/h4-28H,1-3H3. The zero-order chi connectivity index (χ0) is 32.1. The van der Waals surface area contributed by atoms with Gasteiger partial charge in [-0.15, -0.1) is 0 Å². The van der Waals surface area contributed by atoms with Crippen molar-refractivity contribution >= 4 is 28.3 Å². The molecular formula is C45H34O2. The van der Waals surface area contributed by atoms with Crippen LogP contribution in [0.3, 0.4) is 0 Å². The van der Waals surface area contributed by atoms with E-state index in [0.717, 1.165) is 33.4 Å². The lowest BCUT2D eigenvalue weighted by atomic mass is 9.65. The van der Waals surface area contributed by atoms with Crippen molar-refractivity contribution in [3.05, 3.63) is 213 Å². The van der Waals surface area contributed by atoms with Gasteiger partial charge in [0.1, 0.15) is 0 Å². The summed E-state index contributed by atoms with van der Waals surface area (Å²) in [4.78, 5) is 13.2. The van der Waals surface area contributed by atoms with E-state index >= 15 is 0 Å². The Balaban J connectivity index is 1.63. The summed E-state index contributed by atoms with van der Waals surface area (Å²) in [7, 11) is 1.45. The zero-order valence-electron chi connectivity index (χ0n) is 26.8. The van der Waals surface area contributed by atoms with Gasteiger partial charge in [-0.1, -0.05) is 151 Å². The third kappa shape index (κ3) is 4.36. The van der Waals surface area contributed by atoms with Crippen molar-refractivity contribution in [2.24, 2.45) is 0 Å². The maximum Gasteiger partial charge on any atom is 0.337 e. The van der Waals surface area contributed by atoms with Gasteiger partial charge in [0.2, 0.25) is 0 Å². The molecule has 0 N–H and O–H groups in total. The van der Waals surface area contributed by atoms with Crippen LogP contribution in [0.25, 0.3) is 22.3 Å². The van der Waals surface area contributed by atoms with Crippen LogP contribution in [0.5, 0.6) is 0 Å². The van der Waals surface area contributed by atoms with Gasteiger partial charge in [0.25, 0.3) is 0 Å². The number of allylic oxidation sites excluding steroid dienone is 2. The van der Waals surface area contributed by atoms with Crippen LogP contribution in [0.1, 0.15) is 66.0 Å². The molecule has 1 spiro atoms. The number of carbonyl (C=O) groups is 1. The fourth-order valence-corrected chi connectivity index (χ4v) is 7.77. The lowest BCUT2D eigenvalue weighted by Crippen LogP contribution is -2.28. The second-order valence-corrected chi connectivity index (χ2v) is 12.5. The lowest BCUT2D eigenvalue weighted by Gasteiger charge is -2.36. The van der Waals surface area contributed by atoms with Gasteiger partial charge in [-0.25, -0.2) is 4.79 Å². The van der Waals surface area contributed by atoms with Crippen LogP contribution in [-0.2, 0) is 10.2 Å². The molecule has 6 aromatic rings. The van der Waals surface area contributed by atoms with Crippen LogP contribution in [0.15, 0.2) is 152 Å². The number of rotatable bonds is 5. The summed E-state index contributed by atoms with van der Waals surface area (Å²) in [6.07, 6.45) is 0. The van der Waals surface area contributed by atoms with E-state index in [4.69, 9.17) is 4.74 Å². The molecule has 0 fully saturated rings. The predicted molar refractivity (Wildman–Crippen MR) is 192 cm³/mol. The molecule has 0 saturated heterocycles. The molecule has 0 amide bonds. The number of carbonyl (C=O) groups excluding carboxylic acids is 1. The number of benzene rings is 6. The normalized spacial score (nSPS) is 16.4. The minimum atomic E-state index is -0.738. The maximum atomic E-state index is 13.2. The summed E-state index contributed by atoms with van der Waals surface area (Å²) in [6, 6.07) is 54.3. The van der Waals surface area contributed by atoms with Crippen LogP contribution in [-0.4, -0.2) is 13.1 Å². The molecular weight excluding hydrogens is 572 g/mol. The van der Waals surface area contributed by atoms with Crippen LogP contribution < -0.4 is 0 Å². The highest BCUT2D eigenvalue weighted by molar-refractivity contribution is 6.22. The Morgan fingerprint density at radius 2 is 0.957 bits per heavy atom. The highest BCUT2D eigenvalue weighted by Crippen LogP contribution is 2.67. The van der Waals surface area contributed by atoms with E-state index in [9.17, 15) is 4.79 Å². The van der Waals surface area contributed by atoms with Gasteiger partial charge in [0, 0.05) is 0 Å². The Morgan fingerprint density at radius 1 is 0.489 bits per heavy atom. The van der Waals surface area contributed by atoms with E-state index in [-0.39, 0.29) is 5.97 Å². The van der Waals surface area contributed by atoms with E-state index < -0.39 is 5.41 Å². The SMILES string of the molecule is COC(=O)c1ccc2c(c1)C1(C(c3ccccc3)=C(c3ccccc3)c3ccccc31)C(c1ccc(C)cc1)=C2c1ccc(C)cc1. The molecule has 2 aliphatic rings. The summed E-state index contributed by atoms with van der Waals surface area (Å²) in [6.45, 7) is 4.26. The Kier molecular flexibility index (Phi) is 6.88. The van der Waals surface area contributed by atoms with Crippen molar-refractivity contribution < 1.29 is 9.53 Å². The Bertz CT molecular complexity index is 2220.